The highest BCUT2D eigenvalue weighted by Gasteiger charge is 2.21. The molecule has 2 heterocycles. The molecule has 2 amide bonds. The summed E-state index contributed by atoms with van der Waals surface area (Å²) in [6.45, 7) is 1.47. The maximum absolute atomic E-state index is 12.7. The third-order valence-corrected chi connectivity index (χ3v) is 4.56. The molecule has 1 fully saturated rings. The van der Waals surface area contributed by atoms with Gasteiger partial charge in [-0.3, -0.25) is 14.6 Å². The van der Waals surface area contributed by atoms with Crippen molar-refractivity contribution in [1.29, 1.82) is 0 Å². The summed E-state index contributed by atoms with van der Waals surface area (Å²) in [5.74, 6) is 0.787. The molecule has 1 aliphatic rings. The van der Waals surface area contributed by atoms with Crippen molar-refractivity contribution in [2.24, 2.45) is 0 Å². The molecule has 2 aromatic rings. The van der Waals surface area contributed by atoms with Gasteiger partial charge in [-0.25, -0.2) is 0 Å². The first-order valence-electron chi connectivity index (χ1n) is 8.93. The van der Waals surface area contributed by atoms with Crippen molar-refractivity contribution >= 4 is 17.5 Å². The van der Waals surface area contributed by atoms with E-state index < -0.39 is 5.91 Å². The molecule has 8 heteroatoms. The highest BCUT2D eigenvalue weighted by Crippen LogP contribution is 2.40. The van der Waals surface area contributed by atoms with Crippen LogP contribution in [0.2, 0.25) is 0 Å². The van der Waals surface area contributed by atoms with E-state index in [0.29, 0.717) is 34.1 Å². The number of nitrogens with one attached hydrogen (secondary N) is 1. The summed E-state index contributed by atoms with van der Waals surface area (Å²) in [4.78, 5) is 31.0. The minimum absolute atomic E-state index is 0.104. The number of amides is 2. The fraction of sp³-hybridized carbons (Fsp3) is 0.350. The summed E-state index contributed by atoms with van der Waals surface area (Å²) >= 11 is 0. The van der Waals surface area contributed by atoms with Crippen LogP contribution in [0.5, 0.6) is 17.2 Å². The monoisotopic (exact) mass is 385 g/mol. The fourth-order valence-corrected chi connectivity index (χ4v) is 3.14. The Labute approximate surface area is 163 Å². The molecule has 0 saturated carbocycles. The minimum atomic E-state index is -0.391. The molecule has 148 valence electrons. The Kier molecular flexibility index (Phi) is 5.98. The zero-order valence-corrected chi connectivity index (χ0v) is 16.2. The third kappa shape index (κ3) is 4.00. The predicted molar refractivity (Wildman–Crippen MR) is 103 cm³/mol. The van der Waals surface area contributed by atoms with Crippen molar-refractivity contribution in [3.63, 3.8) is 0 Å². The number of ether oxygens (including phenoxy) is 3. The summed E-state index contributed by atoms with van der Waals surface area (Å²) in [5, 5.41) is 2.78. The summed E-state index contributed by atoms with van der Waals surface area (Å²) < 4.78 is 15.9. The van der Waals surface area contributed by atoms with Crippen LogP contribution < -0.4 is 19.5 Å². The fourth-order valence-electron chi connectivity index (χ4n) is 3.14. The Balaban J connectivity index is 1.81. The molecule has 0 atom stereocenters. The van der Waals surface area contributed by atoms with Crippen LogP contribution in [0.25, 0.3) is 0 Å². The van der Waals surface area contributed by atoms with E-state index in [9.17, 15) is 9.59 Å². The predicted octanol–water partition coefficient (Wildman–Crippen LogP) is 2.60. The maximum atomic E-state index is 12.7. The average molecular weight is 385 g/mol. The van der Waals surface area contributed by atoms with Gasteiger partial charge in [0.05, 0.1) is 32.5 Å². The van der Waals surface area contributed by atoms with Gasteiger partial charge in [0.2, 0.25) is 5.75 Å². The van der Waals surface area contributed by atoms with Gasteiger partial charge in [-0.1, -0.05) is 0 Å². The summed E-state index contributed by atoms with van der Waals surface area (Å²) in [6, 6.07) is 4.82. The van der Waals surface area contributed by atoms with Crippen LogP contribution in [0.4, 0.5) is 5.69 Å². The molecule has 0 bridgehead atoms. The second-order valence-electron chi connectivity index (χ2n) is 6.33. The van der Waals surface area contributed by atoms with Crippen molar-refractivity contribution in [3.05, 3.63) is 41.7 Å². The van der Waals surface area contributed by atoms with E-state index in [2.05, 4.69) is 10.3 Å². The normalized spacial score (nSPS) is 13.2. The van der Waals surface area contributed by atoms with Crippen LogP contribution in [0.1, 0.15) is 33.6 Å². The number of pyridine rings is 1. The van der Waals surface area contributed by atoms with Crippen molar-refractivity contribution in [1.82, 2.24) is 9.88 Å². The quantitative estimate of drug-likeness (QED) is 0.822. The largest absolute Gasteiger partial charge is 0.493 e. The highest BCUT2D eigenvalue weighted by molar-refractivity contribution is 6.06. The van der Waals surface area contributed by atoms with E-state index in [4.69, 9.17) is 14.2 Å². The highest BCUT2D eigenvalue weighted by atomic mass is 16.5. The van der Waals surface area contributed by atoms with Gasteiger partial charge in [0.1, 0.15) is 0 Å². The minimum Gasteiger partial charge on any atom is -0.493 e. The number of carbonyl (C=O) groups is 2. The smallest absolute Gasteiger partial charge is 0.257 e. The summed E-state index contributed by atoms with van der Waals surface area (Å²) in [5.41, 5.74) is 1.16. The van der Waals surface area contributed by atoms with E-state index >= 15 is 0 Å². The number of likely N-dealkylation sites (tertiary alicyclic amines) is 1. The standard InChI is InChI=1S/C20H23N3O5/c1-26-16-9-15(10-17(27-2)18(16)28-3)22-19(24)13-8-14(12-21-11-13)20(25)23-6-4-5-7-23/h8-12H,4-7H2,1-3H3,(H,22,24). The van der Waals surface area contributed by atoms with E-state index in [1.54, 1.807) is 23.1 Å². The second kappa shape index (κ2) is 8.60. The van der Waals surface area contributed by atoms with Crippen LogP contribution in [0.15, 0.2) is 30.6 Å². The van der Waals surface area contributed by atoms with Crippen LogP contribution in [-0.2, 0) is 0 Å². The van der Waals surface area contributed by atoms with Gasteiger partial charge in [-0.2, -0.15) is 0 Å². The van der Waals surface area contributed by atoms with Crippen LogP contribution in [0, 0.1) is 0 Å². The Morgan fingerprint density at radius 2 is 1.54 bits per heavy atom. The van der Waals surface area contributed by atoms with E-state index in [1.807, 2.05) is 0 Å². The van der Waals surface area contributed by atoms with Crippen molar-refractivity contribution in [3.8, 4) is 17.2 Å². The van der Waals surface area contributed by atoms with E-state index in [-0.39, 0.29) is 5.91 Å². The number of anilines is 1. The van der Waals surface area contributed by atoms with Gasteiger partial charge in [0.25, 0.3) is 11.8 Å². The topological polar surface area (TPSA) is 90.0 Å². The van der Waals surface area contributed by atoms with Gasteiger partial charge >= 0.3 is 0 Å². The number of hydrogen-bond donors (Lipinski definition) is 1. The molecular formula is C20H23N3O5. The lowest BCUT2D eigenvalue weighted by atomic mass is 10.1. The molecule has 0 unspecified atom stereocenters. The molecule has 1 N–H and O–H groups in total. The number of aromatic nitrogens is 1. The number of carbonyl (C=O) groups excluding carboxylic acids is 2. The molecule has 8 nitrogen and oxygen atoms in total. The lowest BCUT2D eigenvalue weighted by Gasteiger charge is -2.16. The number of benzene rings is 1. The summed E-state index contributed by atoms with van der Waals surface area (Å²) in [7, 11) is 4.51. The molecule has 1 saturated heterocycles. The van der Waals surface area contributed by atoms with Crippen LogP contribution >= 0.6 is 0 Å². The molecule has 0 radical (unpaired) electrons. The van der Waals surface area contributed by atoms with Crippen molar-refractivity contribution in [2.45, 2.75) is 12.8 Å². The lowest BCUT2D eigenvalue weighted by Crippen LogP contribution is -2.28. The number of nitrogens with zero attached hydrogens (tertiary/aromatic N) is 2. The Morgan fingerprint density at radius 3 is 2.11 bits per heavy atom. The Bertz CT molecular complexity index is 853. The number of hydrogen-bond acceptors (Lipinski definition) is 6. The van der Waals surface area contributed by atoms with E-state index in [1.165, 1.54) is 33.7 Å². The summed E-state index contributed by atoms with van der Waals surface area (Å²) in [6.07, 6.45) is 4.91. The average Bonchev–Trinajstić information content (AvgIpc) is 3.27. The van der Waals surface area contributed by atoms with Crippen LogP contribution in [-0.4, -0.2) is 56.1 Å². The lowest BCUT2D eigenvalue weighted by molar-refractivity contribution is 0.0792. The molecule has 1 aromatic heterocycles. The van der Waals surface area contributed by atoms with E-state index in [0.717, 1.165) is 25.9 Å². The van der Waals surface area contributed by atoms with Crippen molar-refractivity contribution in [2.75, 3.05) is 39.7 Å². The first-order valence-corrected chi connectivity index (χ1v) is 8.93. The van der Waals surface area contributed by atoms with Gasteiger partial charge in [-0.05, 0) is 18.9 Å². The molecule has 1 aliphatic heterocycles. The van der Waals surface area contributed by atoms with Gasteiger partial charge in [-0.15, -0.1) is 0 Å². The molecule has 28 heavy (non-hydrogen) atoms. The molecular weight excluding hydrogens is 362 g/mol. The SMILES string of the molecule is COc1cc(NC(=O)c2cncc(C(=O)N3CCCC3)c2)cc(OC)c1OC. The second-order valence-corrected chi connectivity index (χ2v) is 6.33. The first-order chi connectivity index (χ1) is 13.6. The Morgan fingerprint density at radius 1 is 0.929 bits per heavy atom. The van der Waals surface area contributed by atoms with Gasteiger partial charge in [0.15, 0.2) is 11.5 Å². The number of rotatable bonds is 6. The molecule has 3 rings (SSSR count). The first kappa shape index (κ1) is 19.5. The molecule has 1 aromatic carbocycles. The molecule has 0 aliphatic carbocycles. The van der Waals surface area contributed by atoms with Gasteiger partial charge < -0.3 is 24.4 Å². The van der Waals surface area contributed by atoms with Crippen molar-refractivity contribution < 1.29 is 23.8 Å². The van der Waals surface area contributed by atoms with Crippen LogP contribution in [0.3, 0.4) is 0 Å². The third-order valence-electron chi connectivity index (χ3n) is 4.56. The van der Waals surface area contributed by atoms with Gasteiger partial charge in [0, 0.05) is 43.3 Å². The Hall–Kier alpha value is -3.29. The zero-order chi connectivity index (χ0) is 20.1. The zero-order valence-electron chi connectivity index (χ0n) is 16.2. The number of methoxy groups -OCH3 is 3. The maximum Gasteiger partial charge on any atom is 0.257 e. The molecule has 0 spiro atoms.